The Hall–Kier alpha value is -1.43. The Labute approximate surface area is 75.3 Å². The summed E-state index contributed by atoms with van der Waals surface area (Å²) in [7, 11) is 0. The van der Waals surface area contributed by atoms with Gasteiger partial charge in [0.15, 0.2) is 0 Å². The molecule has 0 spiro atoms. The Kier molecular flexibility index (Phi) is 2.97. The molecule has 0 saturated heterocycles. The van der Waals surface area contributed by atoms with Gasteiger partial charge >= 0.3 is 0 Å². The zero-order valence-corrected chi connectivity index (χ0v) is 7.36. The highest BCUT2D eigenvalue weighted by atomic mass is 16.5. The third kappa shape index (κ3) is 2.25. The lowest BCUT2D eigenvalue weighted by molar-refractivity contribution is 0.0987. The second-order valence-corrected chi connectivity index (χ2v) is 2.72. The van der Waals surface area contributed by atoms with Crippen molar-refractivity contribution in [3.8, 4) is 0 Å². The number of hydrogen-bond acceptors (Lipinski definition) is 5. The third-order valence-electron chi connectivity index (χ3n) is 1.58. The smallest absolute Gasteiger partial charge is 0.290 e. The van der Waals surface area contributed by atoms with Gasteiger partial charge in [-0.15, -0.1) is 0 Å². The van der Waals surface area contributed by atoms with Gasteiger partial charge in [0.25, 0.3) is 11.7 Å². The van der Waals surface area contributed by atoms with E-state index in [1.54, 1.807) is 0 Å². The van der Waals surface area contributed by atoms with Gasteiger partial charge in [-0.05, 0) is 6.42 Å². The quantitative estimate of drug-likeness (QED) is 0.682. The van der Waals surface area contributed by atoms with E-state index in [0.717, 1.165) is 12.8 Å². The van der Waals surface area contributed by atoms with Gasteiger partial charge in [0.2, 0.25) is 5.89 Å². The first kappa shape index (κ1) is 9.66. The summed E-state index contributed by atoms with van der Waals surface area (Å²) in [6.45, 7) is 1.99. The van der Waals surface area contributed by atoms with Crippen LogP contribution in [0.3, 0.4) is 0 Å². The van der Waals surface area contributed by atoms with Crippen LogP contribution in [0.4, 0.5) is 0 Å². The first-order valence-electron chi connectivity index (χ1n) is 4.04. The van der Waals surface area contributed by atoms with Crippen LogP contribution in [0.25, 0.3) is 0 Å². The lowest BCUT2D eigenvalue weighted by Crippen LogP contribution is -2.14. The molecule has 1 aromatic heterocycles. The van der Waals surface area contributed by atoms with Crippen LogP contribution in [0.5, 0.6) is 0 Å². The molecule has 6 heteroatoms. The molecule has 0 fully saturated rings. The molecule has 1 heterocycles. The molecule has 0 radical (unpaired) electrons. The van der Waals surface area contributed by atoms with Crippen LogP contribution >= 0.6 is 0 Å². The molecular weight excluding hydrogens is 172 g/mol. The Morgan fingerprint density at radius 1 is 1.69 bits per heavy atom. The van der Waals surface area contributed by atoms with Crippen LogP contribution in [0, 0.1) is 0 Å². The summed E-state index contributed by atoms with van der Waals surface area (Å²) in [6.07, 6.45) is 1.65. The van der Waals surface area contributed by atoms with Crippen molar-refractivity contribution >= 4 is 5.91 Å². The summed E-state index contributed by atoms with van der Waals surface area (Å²) in [5.74, 6) is -0.573. The van der Waals surface area contributed by atoms with E-state index in [2.05, 4.69) is 10.1 Å². The molecule has 0 aromatic carbocycles. The largest absolute Gasteiger partial charge is 0.363 e. The monoisotopic (exact) mass is 184 g/mol. The van der Waals surface area contributed by atoms with E-state index < -0.39 is 5.91 Å². The second kappa shape index (κ2) is 3.99. The Morgan fingerprint density at radius 3 is 2.85 bits per heavy atom. The number of aromatic nitrogens is 2. The van der Waals surface area contributed by atoms with Gasteiger partial charge in [0.1, 0.15) is 0 Å². The topological polar surface area (TPSA) is 108 Å². The average Bonchev–Trinajstić information content (AvgIpc) is 2.52. The average molecular weight is 184 g/mol. The second-order valence-electron chi connectivity index (χ2n) is 2.72. The molecule has 72 valence electrons. The van der Waals surface area contributed by atoms with E-state index in [1.807, 2.05) is 6.92 Å². The van der Waals surface area contributed by atoms with E-state index >= 15 is 0 Å². The highest BCUT2D eigenvalue weighted by Crippen LogP contribution is 2.12. The maximum absolute atomic E-state index is 10.6. The SMILES string of the molecule is CCCC(N)c1nc(C(N)=O)no1. The predicted molar refractivity (Wildman–Crippen MR) is 44.7 cm³/mol. The number of primary amides is 1. The molecule has 0 bridgehead atoms. The fourth-order valence-electron chi connectivity index (χ4n) is 0.920. The minimum atomic E-state index is -0.710. The van der Waals surface area contributed by atoms with E-state index in [4.69, 9.17) is 16.0 Å². The molecule has 6 nitrogen and oxygen atoms in total. The molecule has 1 atom stereocenters. The lowest BCUT2D eigenvalue weighted by atomic mass is 10.2. The summed E-state index contributed by atoms with van der Waals surface area (Å²) < 4.78 is 4.75. The number of carbonyl (C=O) groups excluding carboxylic acids is 1. The minimum absolute atomic E-state index is 0.124. The van der Waals surface area contributed by atoms with Crippen molar-refractivity contribution in [2.45, 2.75) is 25.8 Å². The minimum Gasteiger partial charge on any atom is -0.363 e. The Balaban J connectivity index is 2.73. The van der Waals surface area contributed by atoms with Crippen molar-refractivity contribution in [2.24, 2.45) is 11.5 Å². The number of carbonyl (C=O) groups is 1. The molecule has 1 aromatic rings. The lowest BCUT2D eigenvalue weighted by Gasteiger charge is -2.01. The van der Waals surface area contributed by atoms with Gasteiger partial charge in [-0.1, -0.05) is 18.5 Å². The normalized spacial score (nSPS) is 12.8. The summed E-state index contributed by atoms with van der Waals surface area (Å²) in [5, 5.41) is 3.38. The van der Waals surface area contributed by atoms with Gasteiger partial charge in [0, 0.05) is 0 Å². The fraction of sp³-hybridized carbons (Fsp3) is 0.571. The van der Waals surface area contributed by atoms with Crippen LogP contribution in [-0.2, 0) is 0 Å². The molecule has 4 N–H and O–H groups in total. The van der Waals surface area contributed by atoms with Gasteiger partial charge < -0.3 is 16.0 Å². The summed E-state index contributed by atoms with van der Waals surface area (Å²) in [5.41, 5.74) is 10.6. The summed E-state index contributed by atoms with van der Waals surface area (Å²) in [4.78, 5) is 14.3. The first-order chi connectivity index (χ1) is 6.15. The predicted octanol–water partition coefficient (Wildman–Crippen LogP) is -0.0316. The maximum Gasteiger partial charge on any atom is 0.290 e. The standard InChI is InChI=1S/C7H12N4O2/c1-2-3-4(8)7-10-6(5(9)12)11-13-7/h4H,2-3,8H2,1H3,(H2,9,12). The van der Waals surface area contributed by atoms with Gasteiger partial charge in [-0.25, -0.2) is 0 Å². The van der Waals surface area contributed by atoms with Crippen molar-refractivity contribution < 1.29 is 9.32 Å². The summed E-state index contributed by atoms with van der Waals surface area (Å²) in [6, 6.07) is -0.314. The van der Waals surface area contributed by atoms with Crippen LogP contribution in [0.2, 0.25) is 0 Å². The zero-order valence-electron chi connectivity index (χ0n) is 7.36. The van der Waals surface area contributed by atoms with Crippen molar-refractivity contribution in [3.63, 3.8) is 0 Å². The number of nitrogens with zero attached hydrogens (tertiary/aromatic N) is 2. The van der Waals surface area contributed by atoms with Crippen molar-refractivity contribution in [3.05, 3.63) is 11.7 Å². The zero-order chi connectivity index (χ0) is 9.84. The molecule has 0 aliphatic carbocycles. The van der Waals surface area contributed by atoms with Crippen molar-refractivity contribution in [1.82, 2.24) is 10.1 Å². The highest BCUT2D eigenvalue weighted by Gasteiger charge is 2.16. The number of nitrogens with two attached hydrogens (primary N) is 2. The highest BCUT2D eigenvalue weighted by molar-refractivity contribution is 5.88. The molecule has 0 aliphatic heterocycles. The molecule has 1 rings (SSSR count). The molecule has 0 saturated carbocycles. The van der Waals surface area contributed by atoms with Crippen LogP contribution in [-0.4, -0.2) is 16.0 Å². The molecule has 13 heavy (non-hydrogen) atoms. The van der Waals surface area contributed by atoms with E-state index in [-0.39, 0.29) is 17.8 Å². The van der Waals surface area contributed by atoms with Crippen LogP contribution in [0.15, 0.2) is 4.52 Å². The van der Waals surface area contributed by atoms with Crippen molar-refractivity contribution in [2.75, 3.05) is 0 Å². The van der Waals surface area contributed by atoms with Crippen LogP contribution < -0.4 is 11.5 Å². The maximum atomic E-state index is 10.6. The van der Waals surface area contributed by atoms with E-state index in [1.165, 1.54) is 0 Å². The molecule has 1 unspecified atom stereocenters. The molecular formula is C7H12N4O2. The number of hydrogen-bond donors (Lipinski definition) is 2. The molecule has 1 amide bonds. The van der Waals surface area contributed by atoms with E-state index in [9.17, 15) is 4.79 Å². The number of rotatable bonds is 4. The van der Waals surface area contributed by atoms with Gasteiger partial charge in [0.05, 0.1) is 6.04 Å². The first-order valence-corrected chi connectivity index (χ1v) is 4.04. The number of amides is 1. The molecule has 0 aliphatic rings. The summed E-state index contributed by atoms with van der Waals surface area (Å²) >= 11 is 0. The van der Waals surface area contributed by atoms with Gasteiger partial charge in [-0.2, -0.15) is 4.98 Å². The van der Waals surface area contributed by atoms with Gasteiger partial charge in [-0.3, -0.25) is 4.79 Å². The van der Waals surface area contributed by atoms with Crippen LogP contribution in [0.1, 0.15) is 42.3 Å². The van der Waals surface area contributed by atoms with Crippen molar-refractivity contribution in [1.29, 1.82) is 0 Å². The third-order valence-corrected chi connectivity index (χ3v) is 1.58. The van der Waals surface area contributed by atoms with E-state index in [0.29, 0.717) is 0 Å². The Bertz CT molecular complexity index is 296. The fourth-order valence-corrected chi connectivity index (χ4v) is 0.920. The Morgan fingerprint density at radius 2 is 2.38 bits per heavy atom.